The van der Waals surface area contributed by atoms with Crippen molar-refractivity contribution in [1.29, 1.82) is 0 Å². The van der Waals surface area contributed by atoms with Crippen LogP contribution in [-0.4, -0.2) is 101 Å². The van der Waals surface area contributed by atoms with Gasteiger partial charge in [0.25, 0.3) is 0 Å². The SMILES string of the molecule is [B]C(=O)COP(=O)(O)OCc1ccc(O[C@@H]2O[C@H](CO)[C@H](O)[C@H](O)[C@H]2O)c(NC(=O)CCNC(=O)C(C)C)c1. The first kappa shape index (κ1) is 32.8. The summed E-state index contributed by atoms with van der Waals surface area (Å²) in [6, 6.07) is 3.97. The number of hydrogen-bond acceptors (Lipinski definition) is 12. The van der Waals surface area contributed by atoms with Crippen LogP contribution in [0.5, 0.6) is 5.75 Å². The van der Waals surface area contributed by atoms with Crippen LogP contribution in [0.3, 0.4) is 0 Å². The number of nitrogens with one attached hydrogen (secondary N) is 2. The van der Waals surface area contributed by atoms with Gasteiger partial charge in [0.2, 0.25) is 18.1 Å². The highest BCUT2D eigenvalue weighted by atomic mass is 31.2. The Morgan fingerprint density at radius 1 is 1.13 bits per heavy atom. The topological polar surface area (TPSA) is 230 Å². The lowest BCUT2D eigenvalue weighted by atomic mass is 9.99. The lowest BCUT2D eigenvalue weighted by Crippen LogP contribution is -2.60. The van der Waals surface area contributed by atoms with Gasteiger partial charge in [0, 0.05) is 18.9 Å². The summed E-state index contributed by atoms with van der Waals surface area (Å²) in [6.45, 7) is 1.35. The van der Waals surface area contributed by atoms with Gasteiger partial charge >= 0.3 is 7.82 Å². The van der Waals surface area contributed by atoms with E-state index in [0.29, 0.717) is 0 Å². The van der Waals surface area contributed by atoms with Crippen molar-refractivity contribution in [1.82, 2.24) is 5.32 Å². The van der Waals surface area contributed by atoms with Crippen LogP contribution in [0.25, 0.3) is 0 Å². The van der Waals surface area contributed by atoms with Gasteiger partial charge in [-0.1, -0.05) is 19.9 Å². The highest BCUT2D eigenvalue weighted by molar-refractivity contribution is 7.47. The quantitative estimate of drug-likeness (QED) is 0.0971. The molecule has 0 bridgehead atoms. The maximum absolute atomic E-state index is 12.6. The van der Waals surface area contributed by atoms with Crippen LogP contribution in [0.2, 0.25) is 0 Å². The van der Waals surface area contributed by atoms with Gasteiger partial charge in [-0.3, -0.25) is 18.6 Å². The molecule has 1 saturated heterocycles. The molecule has 2 radical (unpaired) electrons. The second-order valence-electron chi connectivity index (χ2n) is 8.87. The maximum Gasteiger partial charge on any atom is 0.472 e. The standard InChI is InChI=1S/C22H32BN2O13P/c1-11(2)21(32)24-6-5-17(28)25-13-7-12(9-35-39(33,34)36-10-16(23)27)3-4-14(13)37-22-20(31)19(30)18(29)15(8-26)38-22/h3-4,7,11,15,18-20,22,26,29-31H,5-6,8-10H2,1-2H3,(H,24,32)(H,25,28)(H,33,34)/t15-,18+,19+,20-,22-/m1/s1. The van der Waals surface area contributed by atoms with E-state index in [1.165, 1.54) is 18.2 Å². The third-order valence-corrected chi connectivity index (χ3v) is 6.26. The smallest absolute Gasteiger partial charge is 0.460 e. The molecule has 1 aromatic rings. The molecule has 1 unspecified atom stereocenters. The molecule has 6 atom stereocenters. The summed E-state index contributed by atoms with van der Waals surface area (Å²) < 4.78 is 32.2. The fourth-order valence-corrected chi connectivity index (χ4v) is 3.89. The number of anilines is 1. The van der Waals surface area contributed by atoms with E-state index in [2.05, 4.69) is 15.2 Å². The van der Waals surface area contributed by atoms with Crippen molar-refractivity contribution in [3.63, 3.8) is 0 Å². The largest absolute Gasteiger partial charge is 0.472 e. The minimum absolute atomic E-state index is 0.0147. The van der Waals surface area contributed by atoms with E-state index in [1.54, 1.807) is 13.8 Å². The zero-order chi connectivity index (χ0) is 29.3. The highest BCUT2D eigenvalue weighted by Crippen LogP contribution is 2.44. The Hall–Kier alpha value is -2.40. The van der Waals surface area contributed by atoms with Crippen molar-refractivity contribution in [2.45, 2.75) is 57.6 Å². The fraction of sp³-hybridized carbons (Fsp3) is 0.591. The Labute approximate surface area is 225 Å². The number of phosphoric ester groups is 1. The van der Waals surface area contributed by atoms with Crippen molar-refractivity contribution >= 4 is 38.9 Å². The number of benzene rings is 1. The number of ether oxygens (including phenoxy) is 2. The molecule has 1 fully saturated rings. The Kier molecular flexibility index (Phi) is 12.5. The second-order valence-corrected chi connectivity index (χ2v) is 10.3. The van der Waals surface area contributed by atoms with E-state index in [1.807, 2.05) is 0 Å². The Morgan fingerprint density at radius 2 is 1.82 bits per heavy atom. The van der Waals surface area contributed by atoms with E-state index >= 15 is 0 Å². The van der Waals surface area contributed by atoms with E-state index in [0.717, 1.165) is 0 Å². The fourth-order valence-electron chi connectivity index (χ4n) is 3.21. The average molecular weight is 574 g/mol. The van der Waals surface area contributed by atoms with Crippen molar-refractivity contribution in [2.75, 3.05) is 25.1 Å². The molecule has 39 heavy (non-hydrogen) atoms. The number of phosphoric acid groups is 1. The highest BCUT2D eigenvalue weighted by Gasteiger charge is 2.45. The van der Waals surface area contributed by atoms with Crippen molar-refractivity contribution < 1.29 is 62.8 Å². The first-order chi connectivity index (χ1) is 18.2. The van der Waals surface area contributed by atoms with E-state index < -0.39 is 69.9 Å². The average Bonchev–Trinajstić information content (AvgIpc) is 2.87. The summed E-state index contributed by atoms with van der Waals surface area (Å²) >= 11 is 0. The van der Waals surface area contributed by atoms with Crippen LogP contribution in [0.1, 0.15) is 25.8 Å². The predicted molar refractivity (Wildman–Crippen MR) is 133 cm³/mol. The van der Waals surface area contributed by atoms with Gasteiger partial charge in [-0.05, 0) is 17.7 Å². The Bertz CT molecular complexity index is 1060. The summed E-state index contributed by atoms with van der Waals surface area (Å²) in [6.07, 6.45) is -8.01. The van der Waals surface area contributed by atoms with Crippen LogP contribution in [-0.2, 0) is 39.3 Å². The van der Waals surface area contributed by atoms with Gasteiger partial charge < -0.3 is 50.2 Å². The molecule has 0 aromatic heterocycles. The monoisotopic (exact) mass is 574 g/mol. The molecule has 7 N–H and O–H groups in total. The third kappa shape index (κ3) is 10.3. The molecule has 2 rings (SSSR count). The minimum atomic E-state index is -4.65. The van der Waals surface area contributed by atoms with Crippen LogP contribution in [0.15, 0.2) is 18.2 Å². The summed E-state index contributed by atoms with van der Waals surface area (Å²) in [5, 5.41) is 44.8. The first-order valence-corrected chi connectivity index (χ1v) is 13.3. The molecule has 1 aromatic carbocycles. The predicted octanol–water partition coefficient (Wildman–Crippen LogP) is -1.71. The van der Waals surface area contributed by atoms with Gasteiger partial charge in [0.05, 0.1) is 18.9 Å². The molecule has 2 amide bonds. The first-order valence-electron chi connectivity index (χ1n) is 11.8. The number of rotatable bonds is 14. The van der Waals surface area contributed by atoms with Crippen LogP contribution >= 0.6 is 7.82 Å². The molecule has 15 nitrogen and oxygen atoms in total. The Balaban J connectivity index is 2.21. The molecular formula is C22H32BN2O13P. The lowest BCUT2D eigenvalue weighted by molar-refractivity contribution is -0.277. The molecule has 0 spiro atoms. The molecule has 1 heterocycles. The van der Waals surface area contributed by atoms with Crippen molar-refractivity contribution in [3.05, 3.63) is 23.8 Å². The van der Waals surface area contributed by atoms with E-state index in [9.17, 15) is 44.3 Å². The Morgan fingerprint density at radius 3 is 2.44 bits per heavy atom. The summed E-state index contributed by atoms with van der Waals surface area (Å²) in [5.74, 6) is -1.17. The van der Waals surface area contributed by atoms with Gasteiger partial charge in [0.1, 0.15) is 42.5 Å². The molecule has 17 heteroatoms. The molecular weight excluding hydrogens is 542 g/mol. The van der Waals surface area contributed by atoms with Gasteiger partial charge in [-0.15, -0.1) is 0 Å². The number of aliphatic hydroxyl groups excluding tert-OH is 4. The zero-order valence-electron chi connectivity index (χ0n) is 21.3. The zero-order valence-corrected chi connectivity index (χ0v) is 22.2. The summed E-state index contributed by atoms with van der Waals surface area (Å²) in [7, 11) is 0.228. The summed E-state index contributed by atoms with van der Waals surface area (Å²) in [4.78, 5) is 44.7. The molecule has 0 aliphatic carbocycles. The normalized spacial score (nSPS) is 24.6. The van der Waals surface area contributed by atoms with Crippen LogP contribution < -0.4 is 15.4 Å². The number of aliphatic hydroxyl groups is 4. The van der Waals surface area contributed by atoms with Gasteiger partial charge in [0.15, 0.2) is 7.85 Å². The van der Waals surface area contributed by atoms with Gasteiger partial charge in [-0.2, -0.15) is 0 Å². The van der Waals surface area contributed by atoms with Crippen molar-refractivity contribution in [3.8, 4) is 5.75 Å². The maximum atomic E-state index is 12.6. The second kappa shape index (κ2) is 14.8. The van der Waals surface area contributed by atoms with Crippen LogP contribution in [0, 0.1) is 5.92 Å². The van der Waals surface area contributed by atoms with E-state index in [-0.39, 0.29) is 41.8 Å². The molecule has 1 aliphatic rings. The minimum Gasteiger partial charge on any atom is -0.460 e. The van der Waals surface area contributed by atoms with Crippen LogP contribution in [0.4, 0.5) is 5.69 Å². The van der Waals surface area contributed by atoms with Gasteiger partial charge in [-0.25, -0.2) is 4.57 Å². The van der Waals surface area contributed by atoms with E-state index in [4.69, 9.17) is 21.8 Å². The van der Waals surface area contributed by atoms with Crippen molar-refractivity contribution in [2.24, 2.45) is 5.92 Å². The molecule has 1 aliphatic heterocycles. The number of carbonyl (C=O) groups is 3. The lowest BCUT2D eigenvalue weighted by Gasteiger charge is -2.39. The molecule has 0 saturated carbocycles. The molecule has 216 valence electrons. The number of hydrogen-bond donors (Lipinski definition) is 7. The number of amides is 2. The summed E-state index contributed by atoms with van der Waals surface area (Å²) in [5.41, 5.74) is -0.771. The third-order valence-electron chi connectivity index (χ3n) is 5.35. The number of carbonyl (C=O) groups excluding carboxylic acids is 3.